The van der Waals surface area contributed by atoms with Crippen molar-refractivity contribution in [3.63, 3.8) is 0 Å². The summed E-state index contributed by atoms with van der Waals surface area (Å²) in [5.41, 5.74) is -1.23. The molecule has 0 aliphatic carbocycles. The molecular formula is C22H33FN2O8S. The zero-order chi connectivity index (χ0) is 26.2. The van der Waals surface area contributed by atoms with Crippen molar-refractivity contribution in [1.82, 2.24) is 10.6 Å². The second-order valence-corrected chi connectivity index (χ2v) is 10.4. The summed E-state index contributed by atoms with van der Waals surface area (Å²) in [4.78, 5) is 36.8. The summed E-state index contributed by atoms with van der Waals surface area (Å²) in [5, 5.41) is 5.22. The number of carbonyl (C=O) groups excluding carboxylic acids is 3. The molecule has 0 fully saturated rings. The van der Waals surface area contributed by atoms with Gasteiger partial charge in [-0.3, -0.25) is 4.79 Å². The molecular weight excluding hydrogens is 471 g/mol. The van der Waals surface area contributed by atoms with Crippen molar-refractivity contribution in [2.75, 3.05) is 6.54 Å². The van der Waals surface area contributed by atoms with Gasteiger partial charge in [0.15, 0.2) is 0 Å². The summed E-state index contributed by atoms with van der Waals surface area (Å²) in [7, 11) is -5.14. The van der Waals surface area contributed by atoms with Gasteiger partial charge < -0.3 is 24.3 Å². The predicted octanol–water partition coefficient (Wildman–Crippen LogP) is 3.41. The molecule has 2 amide bonds. The van der Waals surface area contributed by atoms with E-state index in [-0.39, 0.29) is 24.3 Å². The lowest BCUT2D eigenvalue weighted by Crippen LogP contribution is -2.46. The summed E-state index contributed by atoms with van der Waals surface area (Å²) >= 11 is 0. The minimum atomic E-state index is -5.14. The number of nitrogens with one attached hydrogen (secondary N) is 2. The standard InChI is InChI=1S/C22H33FN2O8S/c1-21(2,3)31-19(27)17(25-20(28)32-22(4,5)6)9-7-8-14-24-18(26)15-10-12-16(13-11-15)33-34(23,29)30/h10-13,17H,7-9,14H2,1-6H3,(H,24,26)(H,25,28)/t17-/m0/s1. The number of rotatable bonds is 10. The summed E-state index contributed by atoms with van der Waals surface area (Å²) in [6.07, 6.45) is 0.529. The lowest BCUT2D eigenvalue weighted by Gasteiger charge is -2.26. The first-order valence-corrected chi connectivity index (χ1v) is 12.0. The molecule has 0 heterocycles. The predicted molar refractivity (Wildman–Crippen MR) is 122 cm³/mol. The van der Waals surface area contributed by atoms with Gasteiger partial charge >= 0.3 is 22.6 Å². The average Bonchev–Trinajstić information content (AvgIpc) is 2.63. The molecule has 1 aromatic carbocycles. The van der Waals surface area contributed by atoms with Gasteiger partial charge in [0.1, 0.15) is 23.0 Å². The van der Waals surface area contributed by atoms with E-state index in [0.29, 0.717) is 12.8 Å². The third kappa shape index (κ3) is 13.0. The largest absolute Gasteiger partial charge is 0.488 e. The zero-order valence-corrected chi connectivity index (χ0v) is 21.1. The first-order valence-electron chi connectivity index (χ1n) is 10.7. The van der Waals surface area contributed by atoms with Crippen molar-refractivity contribution in [2.24, 2.45) is 0 Å². The molecule has 0 radical (unpaired) electrons. The van der Waals surface area contributed by atoms with Gasteiger partial charge in [0.05, 0.1) is 0 Å². The number of ether oxygens (including phenoxy) is 2. The first-order chi connectivity index (χ1) is 15.5. The Hall–Kier alpha value is -2.89. The number of carbonyl (C=O) groups is 3. The molecule has 192 valence electrons. The van der Waals surface area contributed by atoms with Crippen LogP contribution in [0.4, 0.5) is 8.68 Å². The van der Waals surface area contributed by atoms with Crippen LogP contribution in [0.3, 0.4) is 0 Å². The molecule has 0 bridgehead atoms. The summed E-state index contributed by atoms with van der Waals surface area (Å²) < 4.78 is 48.1. The van der Waals surface area contributed by atoms with Crippen LogP contribution in [0.25, 0.3) is 0 Å². The zero-order valence-electron chi connectivity index (χ0n) is 20.3. The lowest BCUT2D eigenvalue weighted by molar-refractivity contribution is -0.157. The van der Waals surface area contributed by atoms with Crippen LogP contribution in [-0.2, 0) is 24.8 Å². The van der Waals surface area contributed by atoms with E-state index in [2.05, 4.69) is 14.8 Å². The highest BCUT2D eigenvalue weighted by atomic mass is 32.3. The number of alkyl carbamates (subject to hydrolysis) is 1. The number of unbranched alkanes of at least 4 members (excludes halogenated alkanes) is 1. The number of hydrogen-bond donors (Lipinski definition) is 2. The van der Waals surface area contributed by atoms with Crippen LogP contribution >= 0.6 is 0 Å². The summed E-state index contributed by atoms with van der Waals surface area (Å²) in [5.74, 6) is -1.27. The highest BCUT2D eigenvalue weighted by molar-refractivity contribution is 7.81. The minimum absolute atomic E-state index is 0.224. The Bertz CT molecular complexity index is 951. The van der Waals surface area contributed by atoms with Gasteiger partial charge in [0.25, 0.3) is 5.91 Å². The van der Waals surface area contributed by atoms with Gasteiger partial charge in [-0.1, -0.05) is 3.89 Å². The van der Waals surface area contributed by atoms with Gasteiger partial charge in [-0.2, -0.15) is 8.42 Å². The average molecular weight is 505 g/mol. The van der Waals surface area contributed by atoms with Gasteiger partial charge in [-0.25, -0.2) is 9.59 Å². The van der Waals surface area contributed by atoms with Gasteiger partial charge in [0, 0.05) is 12.1 Å². The Kier molecular flexibility index (Phi) is 10.3. The van der Waals surface area contributed by atoms with E-state index in [1.54, 1.807) is 41.5 Å². The molecule has 12 heteroatoms. The molecule has 10 nitrogen and oxygen atoms in total. The Balaban J connectivity index is 2.57. The van der Waals surface area contributed by atoms with Gasteiger partial charge in [-0.05, 0) is 85.1 Å². The summed E-state index contributed by atoms with van der Waals surface area (Å²) in [6.45, 7) is 10.6. The number of amides is 2. The van der Waals surface area contributed by atoms with Crippen LogP contribution in [0, 0.1) is 0 Å². The third-order valence-electron chi connectivity index (χ3n) is 3.90. The fourth-order valence-corrected chi connectivity index (χ4v) is 2.97. The van der Waals surface area contributed by atoms with E-state index in [0.717, 1.165) is 12.1 Å². The van der Waals surface area contributed by atoms with Crippen LogP contribution in [0.5, 0.6) is 5.75 Å². The normalized spacial score (nSPS) is 12.9. The Morgan fingerprint density at radius 1 is 0.941 bits per heavy atom. The smallest absolute Gasteiger partial charge is 0.458 e. The van der Waals surface area contributed by atoms with Gasteiger partial charge in [0.2, 0.25) is 0 Å². The van der Waals surface area contributed by atoms with Gasteiger partial charge in [-0.15, -0.1) is 0 Å². The fraction of sp³-hybridized carbons (Fsp3) is 0.591. The van der Waals surface area contributed by atoms with Crippen molar-refractivity contribution in [3.05, 3.63) is 29.8 Å². The molecule has 1 atom stereocenters. The molecule has 0 aliphatic rings. The molecule has 1 rings (SSSR count). The third-order valence-corrected chi connectivity index (χ3v) is 4.29. The van der Waals surface area contributed by atoms with Crippen molar-refractivity contribution >= 4 is 28.5 Å². The molecule has 1 aromatic rings. The molecule has 0 saturated heterocycles. The van der Waals surface area contributed by atoms with Crippen molar-refractivity contribution in [3.8, 4) is 5.75 Å². The van der Waals surface area contributed by atoms with Crippen LogP contribution in [0.2, 0.25) is 0 Å². The number of hydrogen-bond acceptors (Lipinski definition) is 8. The van der Waals surface area contributed by atoms with Crippen molar-refractivity contribution in [1.29, 1.82) is 0 Å². The maximum absolute atomic E-state index is 12.5. The summed E-state index contributed by atoms with van der Waals surface area (Å²) in [6, 6.07) is 3.97. The van der Waals surface area contributed by atoms with Crippen LogP contribution in [0.15, 0.2) is 24.3 Å². The molecule has 0 saturated carbocycles. The van der Waals surface area contributed by atoms with E-state index in [1.807, 2.05) is 0 Å². The number of halogens is 1. The second kappa shape index (κ2) is 12.0. The first kappa shape index (κ1) is 29.1. The molecule has 0 aromatic heterocycles. The Labute approximate surface area is 199 Å². The molecule has 0 spiro atoms. The lowest BCUT2D eigenvalue weighted by atomic mass is 10.1. The number of benzene rings is 1. The van der Waals surface area contributed by atoms with E-state index in [1.165, 1.54) is 12.1 Å². The van der Waals surface area contributed by atoms with Crippen molar-refractivity contribution < 1.29 is 40.3 Å². The van der Waals surface area contributed by atoms with E-state index in [9.17, 15) is 26.7 Å². The molecule has 0 unspecified atom stereocenters. The van der Waals surface area contributed by atoms with E-state index in [4.69, 9.17) is 9.47 Å². The second-order valence-electron chi connectivity index (χ2n) is 9.48. The van der Waals surface area contributed by atoms with Crippen LogP contribution < -0.4 is 14.8 Å². The SMILES string of the molecule is CC(C)(C)OC(=O)N[C@@H](CCCCNC(=O)c1ccc(OS(=O)(=O)F)cc1)C(=O)OC(C)(C)C. The molecule has 2 N–H and O–H groups in total. The molecule has 0 aliphatic heterocycles. The van der Waals surface area contributed by atoms with Crippen molar-refractivity contribution in [2.45, 2.75) is 78.0 Å². The molecule has 34 heavy (non-hydrogen) atoms. The Morgan fingerprint density at radius 3 is 2.00 bits per heavy atom. The van der Waals surface area contributed by atoms with Crippen LogP contribution in [0.1, 0.15) is 71.2 Å². The van der Waals surface area contributed by atoms with E-state index >= 15 is 0 Å². The maximum Gasteiger partial charge on any atom is 0.488 e. The topological polar surface area (TPSA) is 137 Å². The Morgan fingerprint density at radius 2 is 1.50 bits per heavy atom. The van der Waals surface area contributed by atoms with E-state index < -0.39 is 45.7 Å². The number of esters is 1. The fourth-order valence-electron chi connectivity index (χ4n) is 2.63. The monoisotopic (exact) mass is 504 g/mol. The highest BCUT2D eigenvalue weighted by Crippen LogP contribution is 2.16. The maximum atomic E-state index is 12.5. The minimum Gasteiger partial charge on any atom is -0.458 e. The highest BCUT2D eigenvalue weighted by Gasteiger charge is 2.28. The van der Waals surface area contributed by atoms with Crippen LogP contribution in [-0.4, -0.2) is 50.2 Å². The quantitative estimate of drug-likeness (QED) is 0.281.